The first-order chi connectivity index (χ1) is 19.3. The van der Waals surface area contributed by atoms with Crippen molar-refractivity contribution in [3.63, 3.8) is 0 Å². The number of fused-ring (bicyclic) bond motifs is 6. The standard InChI is InChI=1S/C34H55N3O4S/c1-18(35)27(39)37-28-36-26-21(42-28)17-31(6)22(29(26,2)3)11-14-32(7)23(31)16-20(38)25-19(10-13-33(25,32)8)34(9)15-12-24(41-34)30(4,5)40/h18-20,22-25,38,40H,10-17,35H2,1-9H3,(H,36,37,39)/t18-,19-,20+,22-,23+,24+,25-,31-,32+,33+,34-/m0/s1. The molecule has 1 aromatic heterocycles. The fourth-order valence-electron chi connectivity index (χ4n) is 11.6. The molecule has 11 atom stereocenters. The van der Waals surface area contributed by atoms with Gasteiger partial charge in [0.25, 0.3) is 0 Å². The van der Waals surface area contributed by atoms with Crippen molar-refractivity contribution in [3.05, 3.63) is 10.6 Å². The second kappa shape index (κ2) is 9.48. The molecule has 0 spiro atoms. The van der Waals surface area contributed by atoms with Crippen LogP contribution in [0.15, 0.2) is 0 Å². The Morgan fingerprint density at radius 3 is 2.36 bits per heavy atom. The molecular formula is C34H55N3O4S. The molecule has 1 aliphatic heterocycles. The molecule has 1 aromatic rings. The second-order valence-corrected chi connectivity index (χ2v) is 18.1. The van der Waals surface area contributed by atoms with Gasteiger partial charge in [-0.25, -0.2) is 4.98 Å². The number of anilines is 1. The Morgan fingerprint density at radius 1 is 1.07 bits per heavy atom. The molecule has 236 valence electrons. The molecule has 5 aliphatic rings. The van der Waals surface area contributed by atoms with Gasteiger partial charge in [-0.15, -0.1) is 11.3 Å². The highest BCUT2D eigenvalue weighted by Gasteiger charge is 2.72. The number of aromatic nitrogens is 1. The Labute approximate surface area is 256 Å². The van der Waals surface area contributed by atoms with E-state index in [4.69, 9.17) is 15.5 Å². The van der Waals surface area contributed by atoms with Gasteiger partial charge in [0.15, 0.2) is 5.13 Å². The average Bonchev–Trinajstić information content (AvgIpc) is 3.57. The van der Waals surface area contributed by atoms with Crippen molar-refractivity contribution in [2.24, 2.45) is 45.7 Å². The normalized spacial score (nSPS) is 46.8. The van der Waals surface area contributed by atoms with Crippen molar-refractivity contribution >= 4 is 22.4 Å². The summed E-state index contributed by atoms with van der Waals surface area (Å²) in [6, 6.07) is -0.578. The van der Waals surface area contributed by atoms with E-state index in [-0.39, 0.29) is 51.3 Å². The van der Waals surface area contributed by atoms with Gasteiger partial charge in [-0.1, -0.05) is 34.6 Å². The van der Waals surface area contributed by atoms with E-state index in [2.05, 4.69) is 46.9 Å². The van der Waals surface area contributed by atoms with E-state index in [0.29, 0.717) is 22.9 Å². The minimum atomic E-state index is -0.858. The summed E-state index contributed by atoms with van der Waals surface area (Å²) < 4.78 is 6.72. The summed E-state index contributed by atoms with van der Waals surface area (Å²) in [5.74, 6) is 1.12. The van der Waals surface area contributed by atoms with Gasteiger partial charge in [0, 0.05) is 10.3 Å². The Hall–Kier alpha value is -1.06. The first-order valence-electron chi connectivity index (χ1n) is 16.4. The first-order valence-corrected chi connectivity index (χ1v) is 17.2. The number of nitrogens with two attached hydrogens (primary N) is 1. The second-order valence-electron chi connectivity index (χ2n) is 17.0. The Bertz CT molecular complexity index is 1260. The lowest BCUT2D eigenvalue weighted by Gasteiger charge is -2.69. The average molecular weight is 602 g/mol. The first kappa shape index (κ1) is 30.9. The maximum absolute atomic E-state index is 12.4. The largest absolute Gasteiger partial charge is 0.393 e. The van der Waals surface area contributed by atoms with Gasteiger partial charge >= 0.3 is 0 Å². The zero-order valence-corrected chi connectivity index (χ0v) is 28.2. The van der Waals surface area contributed by atoms with Crippen molar-refractivity contribution in [2.45, 2.75) is 149 Å². The van der Waals surface area contributed by atoms with Gasteiger partial charge in [-0.3, -0.25) is 4.79 Å². The number of amides is 1. The predicted octanol–water partition coefficient (Wildman–Crippen LogP) is 5.81. The SMILES string of the molecule is C[C@H](N)C(=O)Nc1nc2c(s1)C[C@]1(C)[C@H]3C[C@@H](O)[C@@H]4[C@@H]([C@]5(C)CC[C@H](C(C)(C)O)O5)CC[C@@]4(C)[C@]3(C)CC[C@H]1C2(C)C. The number of carbonyl (C=O) groups excluding carboxylic acids is 1. The van der Waals surface area contributed by atoms with Crippen LogP contribution in [0.5, 0.6) is 0 Å². The van der Waals surface area contributed by atoms with Crippen LogP contribution in [0.25, 0.3) is 0 Å². The maximum Gasteiger partial charge on any atom is 0.242 e. The maximum atomic E-state index is 12.4. The van der Waals surface area contributed by atoms with Crippen molar-refractivity contribution in [2.75, 3.05) is 5.32 Å². The molecule has 5 N–H and O–H groups in total. The number of rotatable bonds is 4. The van der Waals surface area contributed by atoms with Crippen LogP contribution >= 0.6 is 11.3 Å². The van der Waals surface area contributed by atoms with E-state index >= 15 is 0 Å². The lowest BCUT2D eigenvalue weighted by Crippen LogP contribution is -2.66. The molecule has 8 heteroatoms. The number of nitrogens with one attached hydrogen (secondary N) is 1. The Morgan fingerprint density at radius 2 is 1.74 bits per heavy atom. The topological polar surface area (TPSA) is 118 Å². The molecule has 6 rings (SSSR count). The van der Waals surface area contributed by atoms with Crippen LogP contribution in [-0.2, 0) is 21.4 Å². The molecule has 0 bridgehead atoms. The molecule has 1 amide bonds. The molecule has 0 aromatic carbocycles. The van der Waals surface area contributed by atoms with Gasteiger partial charge in [-0.2, -0.15) is 0 Å². The quantitative estimate of drug-likeness (QED) is 0.346. The summed E-state index contributed by atoms with van der Waals surface area (Å²) >= 11 is 1.62. The Balaban J connectivity index is 1.33. The molecule has 42 heavy (non-hydrogen) atoms. The molecule has 0 unspecified atom stereocenters. The number of aliphatic hydroxyl groups excluding tert-OH is 1. The minimum Gasteiger partial charge on any atom is -0.393 e. The van der Waals surface area contributed by atoms with E-state index < -0.39 is 11.6 Å². The highest BCUT2D eigenvalue weighted by molar-refractivity contribution is 7.15. The van der Waals surface area contributed by atoms with E-state index in [1.54, 1.807) is 18.3 Å². The van der Waals surface area contributed by atoms with Crippen LogP contribution in [0.2, 0.25) is 0 Å². The lowest BCUT2D eigenvalue weighted by atomic mass is 9.35. The fourth-order valence-corrected chi connectivity index (χ4v) is 12.9. The van der Waals surface area contributed by atoms with E-state index in [9.17, 15) is 15.0 Å². The lowest BCUT2D eigenvalue weighted by molar-refractivity contribution is -0.227. The molecular weight excluding hydrogens is 546 g/mol. The fraction of sp³-hybridized carbons (Fsp3) is 0.882. The molecule has 4 fully saturated rings. The zero-order chi connectivity index (χ0) is 30.8. The molecule has 0 radical (unpaired) electrons. The summed E-state index contributed by atoms with van der Waals surface area (Å²) in [6.45, 7) is 19.9. The van der Waals surface area contributed by atoms with Crippen LogP contribution in [0.4, 0.5) is 5.13 Å². The van der Waals surface area contributed by atoms with Gasteiger partial charge in [-0.05, 0) is 119 Å². The molecule has 4 aliphatic carbocycles. The number of thiazole rings is 1. The number of aliphatic hydroxyl groups is 2. The number of hydrogen-bond donors (Lipinski definition) is 4. The van der Waals surface area contributed by atoms with Crippen LogP contribution in [0.3, 0.4) is 0 Å². The van der Waals surface area contributed by atoms with Crippen LogP contribution in [-0.4, -0.2) is 50.6 Å². The highest BCUT2D eigenvalue weighted by atomic mass is 32.1. The number of nitrogens with zero attached hydrogens (tertiary/aromatic N) is 1. The monoisotopic (exact) mass is 601 g/mol. The summed E-state index contributed by atoms with van der Waals surface area (Å²) in [6.07, 6.45) is 7.53. The predicted molar refractivity (Wildman–Crippen MR) is 167 cm³/mol. The van der Waals surface area contributed by atoms with E-state index in [1.807, 2.05) is 13.8 Å². The summed E-state index contributed by atoms with van der Waals surface area (Å²) in [7, 11) is 0. The molecule has 1 saturated heterocycles. The van der Waals surface area contributed by atoms with Crippen LogP contribution in [0.1, 0.15) is 118 Å². The van der Waals surface area contributed by atoms with Crippen LogP contribution in [0, 0.1) is 39.9 Å². The number of ether oxygens (including phenoxy) is 1. The molecule has 3 saturated carbocycles. The third-order valence-corrected chi connectivity index (χ3v) is 14.9. The third kappa shape index (κ3) is 4.17. The summed E-state index contributed by atoms with van der Waals surface area (Å²) in [4.78, 5) is 18.7. The Kier molecular flexibility index (Phi) is 6.98. The van der Waals surface area contributed by atoms with Crippen molar-refractivity contribution in [1.82, 2.24) is 4.98 Å². The van der Waals surface area contributed by atoms with Gasteiger partial charge in [0.1, 0.15) is 0 Å². The van der Waals surface area contributed by atoms with Gasteiger partial charge < -0.3 is 26.0 Å². The molecule has 2 heterocycles. The van der Waals surface area contributed by atoms with Crippen molar-refractivity contribution in [1.29, 1.82) is 0 Å². The molecule has 7 nitrogen and oxygen atoms in total. The van der Waals surface area contributed by atoms with Gasteiger partial charge in [0.2, 0.25) is 5.91 Å². The smallest absolute Gasteiger partial charge is 0.242 e. The zero-order valence-electron chi connectivity index (χ0n) is 27.3. The van der Waals surface area contributed by atoms with Crippen molar-refractivity contribution < 1.29 is 19.7 Å². The van der Waals surface area contributed by atoms with Crippen LogP contribution < -0.4 is 11.1 Å². The van der Waals surface area contributed by atoms with E-state index in [0.717, 1.165) is 57.1 Å². The van der Waals surface area contributed by atoms with Crippen molar-refractivity contribution in [3.8, 4) is 0 Å². The van der Waals surface area contributed by atoms with Gasteiger partial charge in [0.05, 0.1) is 35.1 Å². The summed E-state index contributed by atoms with van der Waals surface area (Å²) in [5, 5.41) is 26.5. The third-order valence-electron chi connectivity index (χ3n) is 13.9. The highest BCUT2D eigenvalue weighted by Crippen LogP contribution is 2.76. The number of carbonyl (C=O) groups is 1. The summed E-state index contributed by atoms with van der Waals surface area (Å²) in [5.41, 5.74) is 5.80. The van der Waals surface area contributed by atoms with E-state index in [1.165, 1.54) is 4.88 Å². The minimum absolute atomic E-state index is 0.0156. The number of hydrogen-bond acceptors (Lipinski definition) is 7.